The molecule has 4 heteroatoms. The Labute approximate surface area is 196 Å². The topological polar surface area (TPSA) is 26.3 Å². The first kappa shape index (κ1) is 21.9. The average Bonchev–Trinajstić information content (AvgIpc) is 3.06. The first-order valence-electron chi connectivity index (χ1n) is 12.1. The molecule has 8 atom stereocenters. The van der Waals surface area contributed by atoms with Crippen molar-refractivity contribution in [3.63, 3.8) is 0 Å². The zero-order valence-electron chi connectivity index (χ0n) is 19.0. The van der Waals surface area contributed by atoms with E-state index in [1.165, 1.54) is 32.1 Å². The van der Waals surface area contributed by atoms with Gasteiger partial charge in [-0.3, -0.25) is 4.79 Å². The normalized spacial score (nSPS) is 43.8. The van der Waals surface area contributed by atoms with Gasteiger partial charge >= 0.3 is 0 Å². The summed E-state index contributed by atoms with van der Waals surface area (Å²) in [5, 5.41) is 1.46. The third kappa shape index (κ3) is 3.88. The SMILES string of the molecule is CC1CC2SC(=O)C=C[C@]2(C)[C@@H]2CC[C@]3(C)CC(CCOc4cccc(Cl)c4)C[C@H]3[C@H]12. The van der Waals surface area contributed by atoms with Gasteiger partial charge in [0.15, 0.2) is 0 Å². The lowest BCUT2D eigenvalue weighted by atomic mass is 9.48. The van der Waals surface area contributed by atoms with Gasteiger partial charge in [-0.05, 0) is 97.8 Å². The van der Waals surface area contributed by atoms with Crippen molar-refractivity contribution in [3.05, 3.63) is 41.4 Å². The van der Waals surface area contributed by atoms with E-state index in [2.05, 4.69) is 26.8 Å². The van der Waals surface area contributed by atoms with E-state index in [0.717, 1.165) is 47.5 Å². The fourth-order valence-corrected chi connectivity index (χ4v) is 9.38. The highest BCUT2D eigenvalue weighted by Crippen LogP contribution is 2.67. The maximum atomic E-state index is 12.1. The Morgan fingerprint density at radius 1 is 1.23 bits per heavy atom. The van der Waals surface area contributed by atoms with E-state index in [1.807, 2.05) is 30.3 Å². The summed E-state index contributed by atoms with van der Waals surface area (Å²) < 4.78 is 6.03. The van der Waals surface area contributed by atoms with Crippen molar-refractivity contribution in [3.8, 4) is 5.75 Å². The number of carbonyl (C=O) groups is 1. The van der Waals surface area contributed by atoms with Crippen molar-refractivity contribution in [2.24, 2.45) is 40.4 Å². The number of rotatable bonds is 4. The molecule has 0 amide bonds. The van der Waals surface area contributed by atoms with Crippen LogP contribution >= 0.6 is 23.4 Å². The van der Waals surface area contributed by atoms with Crippen molar-refractivity contribution in [1.82, 2.24) is 0 Å². The van der Waals surface area contributed by atoms with E-state index in [9.17, 15) is 4.79 Å². The van der Waals surface area contributed by atoms with Gasteiger partial charge in [-0.15, -0.1) is 0 Å². The highest BCUT2D eigenvalue weighted by Gasteiger charge is 2.60. The minimum absolute atomic E-state index is 0.185. The first-order chi connectivity index (χ1) is 14.8. The predicted molar refractivity (Wildman–Crippen MR) is 130 cm³/mol. The summed E-state index contributed by atoms with van der Waals surface area (Å²) in [6.45, 7) is 8.27. The molecule has 1 aliphatic heterocycles. The second-order valence-electron chi connectivity index (χ2n) is 11.2. The van der Waals surface area contributed by atoms with Crippen molar-refractivity contribution in [1.29, 1.82) is 0 Å². The summed E-state index contributed by atoms with van der Waals surface area (Å²) in [6, 6.07) is 7.74. The number of benzene rings is 1. The van der Waals surface area contributed by atoms with Crippen molar-refractivity contribution in [2.45, 2.75) is 64.5 Å². The summed E-state index contributed by atoms with van der Waals surface area (Å²) in [7, 11) is 0. The number of hydrogen-bond donors (Lipinski definition) is 0. The Kier molecular flexibility index (Phi) is 5.74. The highest BCUT2D eigenvalue weighted by molar-refractivity contribution is 8.14. The van der Waals surface area contributed by atoms with Gasteiger partial charge in [0.25, 0.3) is 0 Å². The Balaban J connectivity index is 1.29. The Hall–Kier alpha value is -0.930. The fraction of sp³-hybridized carbons (Fsp3) is 0.667. The van der Waals surface area contributed by atoms with Crippen LogP contribution in [0.15, 0.2) is 36.4 Å². The van der Waals surface area contributed by atoms with Gasteiger partial charge in [0, 0.05) is 15.7 Å². The fourth-order valence-electron chi connectivity index (χ4n) is 7.86. The van der Waals surface area contributed by atoms with E-state index in [1.54, 1.807) is 11.8 Å². The van der Waals surface area contributed by atoms with Crippen LogP contribution in [0.2, 0.25) is 5.02 Å². The number of ether oxygens (including phenoxy) is 1. The Morgan fingerprint density at radius 3 is 2.87 bits per heavy atom. The van der Waals surface area contributed by atoms with E-state index >= 15 is 0 Å². The van der Waals surface area contributed by atoms with Crippen LogP contribution in [0.1, 0.15) is 59.3 Å². The number of allylic oxidation sites excluding steroid dienone is 1. The maximum Gasteiger partial charge on any atom is 0.212 e. The minimum atomic E-state index is 0.185. The zero-order valence-corrected chi connectivity index (χ0v) is 20.6. The van der Waals surface area contributed by atoms with Crippen LogP contribution in [0, 0.1) is 40.4 Å². The van der Waals surface area contributed by atoms with E-state index in [4.69, 9.17) is 16.3 Å². The first-order valence-corrected chi connectivity index (χ1v) is 13.3. The molecule has 2 nitrogen and oxygen atoms in total. The zero-order chi connectivity index (χ0) is 21.8. The Morgan fingerprint density at radius 2 is 2.06 bits per heavy atom. The van der Waals surface area contributed by atoms with Crippen LogP contribution in [0.4, 0.5) is 0 Å². The standard InChI is InChI=1S/C27H35ClO2S/c1-17-13-23-27(3,11-8-24(29)31-23)21-7-10-26(2)16-18(14-22(26)25(17)21)9-12-30-20-6-4-5-19(28)15-20/h4-6,8,11,15,17-18,21-23,25H,7,9-10,12-14,16H2,1-3H3/t17?,18?,21-,22+,23?,25-,26-,27-/m1/s1. The molecular formula is C27H35ClO2S. The van der Waals surface area contributed by atoms with Crippen molar-refractivity contribution >= 4 is 28.5 Å². The molecular weight excluding hydrogens is 424 g/mol. The molecule has 0 bridgehead atoms. The van der Waals surface area contributed by atoms with Crippen LogP contribution < -0.4 is 4.74 Å². The molecule has 4 aliphatic rings. The second kappa shape index (κ2) is 8.13. The molecule has 0 N–H and O–H groups in total. The van der Waals surface area contributed by atoms with Gasteiger partial charge in [-0.25, -0.2) is 0 Å². The number of carbonyl (C=O) groups excluding carboxylic acids is 1. The molecule has 5 rings (SSSR count). The quantitative estimate of drug-likeness (QED) is 0.469. The number of halogens is 1. The predicted octanol–water partition coefficient (Wildman–Crippen LogP) is 7.41. The van der Waals surface area contributed by atoms with Crippen LogP contribution in [-0.4, -0.2) is 17.0 Å². The lowest BCUT2D eigenvalue weighted by Gasteiger charge is -2.60. The molecule has 0 saturated heterocycles. The van der Waals surface area contributed by atoms with Crippen molar-refractivity contribution in [2.75, 3.05) is 6.61 Å². The molecule has 0 spiro atoms. The highest BCUT2D eigenvalue weighted by atomic mass is 35.5. The molecule has 0 aromatic heterocycles. The van der Waals surface area contributed by atoms with Gasteiger partial charge in [0.2, 0.25) is 5.12 Å². The number of fused-ring (bicyclic) bond motifs is 5. The van der Waals surface area contributed by atoms with Crippen molar-refractivity contribution < 1.29 is 9.53 Å². The molecule has 0 radical (unpaired) electrons. The lowest BCUT2D eigenvalue weighted by molar-refractivity contribution is -0.108. The summed E-state index contributed by atoms with van der Waals surface area (Å²) in [5.41, 5.74) is 0.658. The van der Waals surface area contributed by atoms with Crippen LogP contribution in [0.3, 0.4) is 0 Å². The summed E-state index contributed by atoms with van der Waals surface area (Å²) in [4.78, 5) is 12.1. The maximum absolute atomic E-state index is 12.1. The molecule has 31 heavy (non-hydrogen) atoms. The Bertz CT molecular complexity index is 884. The molecule has 168 valence electrons. The summed E-state index contributed by atoms with van der Waals surface area (Å²) in [6.07, 6.45) is 11.8. The summed E-state index contributed by atoms with van der Waals surface area (Å²) in [5.74, 6) is 4.66. The van der Waals surface area contributed by atoms with Gasteiger partial charge in [-0.1, -0.05) is 56.3 Å². The second-order valence-corrected chi connectivity index (χ2v) is 12.9. The third-order valence-corrected chi connectivity index (χ3v) is 10.9. The molecule has 3 saturated carbocycles. The largest absolute Gasteiger partial charge is 0.494 e. The average molecular weight is 459 g/mol. The molecule has 3 aliphatic carbocycles. The molecule has 1 aromatic rings. The van der Waals surface area contributed by atoms with Gasteiger partial charge < -0.3 is 4.74 Å². The molecule has 3 fully saturated rings. The molecule has 1 aromatic carbocycles. The lowest BCUT2D eigenvalue weighted by Crippen LogP contribution is -2.55. The van der Waals surface area contributed by atoms with Gasteiger partial charge in [0.1, 0.15) is 5.75 Å². The minimum Gasteiger partial charge on any atom is -0.494 e. The molecule has 1 heterocycles. The number of hydrogen-bond acceptors (Lipinski definition) is 3. The van der Waals surface area contributed by atoms with Crippen LogP contribution in [0.25, 0.3) is 0 Å². The van der Waals surface area contributed by atoms with Gasteiger partial charge in [0.05, 0.1) is 6.61 Å². The smallest absolute Gasteiger partial charge is 0.212 e. The van der Waals surface area contributed by atoms with E-state index in [-0.39, 0.29) is 10.5 Å². The van der Waals surface area contributed by atoms with Gasteiger partial charge in [-0.2, -0.15) is 0 Å². The number of thioether (sulfide) groups is 1. The monoisotopic (exact) mass is 458 g/mol. The third-order valence-electron chi connectivity index (χ3n) is 9.36. The van der Waals surface area contributed by atoms with Crippen LogP contribution in [0.5, 0.6) is 5.75 Å². The molecule has 3 unspecified atom stereocenters. The van der Waals surface area contributed by atoms with Crippen LogP contribution in [-0.2, 0) is 4.79 Å². The van der Waals surface area contributed by atoms with E-state index < -0.39 is 0 Å². The van der Waals surface area contributed by atoms with E-state index in [0.29, 0.717) is 16.6 Å². The summed E-state index contributed by atoms with van der Waals surface area (Å²) >= 11 is 7.71.